The van der Waals surface area contributed by atoms with Crippen LogP contribution >= 0.6 is 0 Å². The minimum atomic E-state index is -1.04. The molecule has 2 atom stereocenters. The number of unbranched alkanes of at least 4 members (excludes halogenated alkanes) is 6. The van der Waals surface area contributed by atoms with E-state index in [4.69, 9.17) is 33.5 Å². The molecule has 2 N–H and O–H groups in total. The van der Waals surface area contributed by atoms with E-state index in [1.165, 1.54) is 0 Å². The Morgan fingerprint density at radius 1 is 0.738 bits per heavy atom. The van der Waals surface area contributed by atoms with Gasteiger partial charge >= 0.3 is 11.9 Å². The standard InChI is InChI=1S/C32H54O10/c1-3-4-9-16-29(25-31(35)36)40-27-32(2,41-18-13-7-5-6-12-17-30(33)34)42-24-23-38-20-19-37-21-22-39-26-28-14-10-8-11-15-28/h8,10-11,14-15,29H,3-7,9,12-13,16-27H2,1-2H3,(H,33,34)(H,35,36)/t29?,32-/m0/s1. The lowest BCUT2D eigenvalue weighted by Gasteiger charge is -2.31. The maximum absolute atomic E-state index is 11.3. The van der Waals surface area contributed by atoms with Crippen LogP contribution in [0.15, 0.2) is 30.3 Å². The number of carbonyl (C=O) groups is 2. The first-order valence-electron chi connectivity index (χ1n) is 15.4. The minimum absolute atomic E-state index is 0.0590. The first-order valence-corrected chi connectivity index (χ1v) is 15.4. The summed E-state index contributed by atoms with van der Waals surface area (Å²) >= 11 is 0. The van der Waals surface area contributed by atoms with Crippen LogP contribution in [0.4, 0.5) is 0 Å². The predicted octanol–water partition coefficient (Wildman–Crippen LogP) is 5.85. The average molecular weight is 599 g/mol. The molecule has 1 aromatic rings. The summed E-state index contributed by atoms with van der Waals surface area (Å²) in [6.07, 6.45) is 7.63. The second kappa shape index (κ2) is 25.4. The Morgan fingerprint density at radius 3 is 2.02 bits per heavy atom. The van der Waals surface area contributed by atoms with Gasteiger partial charge in [0, 0.05) is 6.42 Å². The maximum Gasteiger partial charge on any atom is 0.305 e. The van der Waals surface area contributed by atoms with E-state index in [1.54, 1.807) is 0 Å². The van der Waals surface area contributed by atoms with Gasteiger partial charge in [-0.25, -0.2) is 0 Å². The van der Waals surface area contributed by atoms with Gasteiger partial charge in [-0.15, -0.1) is 0 Å². The second-order valence-electron chi connectivity index (χ2n) is 10.5. The molecule has 0 heterocycles. The van der Waals surface area contributed by atoms with E-state index in [2.05, 4.69) is 6.92 Å². The number of ether oxygens (including phenoxy) is 6. The van der Waals surface area contributed by atoms with Gasteiger partial charge in [0.25, 0.3) is 0 Å². The number of rotatable bonds is 30. The van der Waals surface area contributed by atoms with Gasteiger partial charge in [-0.05, 0) is 31.7 Å². The zero-order valence-electron chi connectivity index (χ0n) is 25.8. The Morgan fingerprint density at radius 2 is 1.36 bits per heavy atom. The van der Waals surface area contributed by atoms with Crippen molar-refractivity contribution in [2.45, 2.75) is 103 Å². The fraction of sp³-hybridized carbons (Fsp3) is 0.750. The molecule has 0 saturated carbocycles. The molecule has 0 aliphatic rings. The summed E-state index contributed by atoms with van der Waals surface area (Å²) in [5.41, 5.74) is 1.13. The summed E-state index contributed by atoms with van der Waals surface area (Å²) in [7, 11) is 0. The maximum atomic E-state index is 11.3. The van der Waals surface area contributed by atoms with Crippen molar-refractivity contribution in [3.05, 3.63) is 35.9 Å². The predicted molar refractivity (Wildman–Crippen MR) is 160 cm³/mol. The molecule has 0 aliphatic carbocycles. The van der Waals surface area contributed by atoms with Gasteiger partial charge in [0.15, 0.2) is 5.79 Å². The van der Waals surface area contributed by atoms with Gasteiger partial charge in [-0.1, -0.05) is 75.8 Å². The van der Waals surface area contributed by atoms with Crippen molar-refractivity contribution in [3.8, 4) is 0 Å². The van der Waals surface area contributed by atoms with Gasteiger partial charge < -0.3 is 38.6 Å². The van der Waals surface area contributed by atoms with Crippen LogP contribution in [0.5, 0.6) is 0 Å². The molecule has 0 radical (unpaired) electrons. The first-order chi connectivity index (χ1) is 20.3. The van der Waals surface area contributed by atoms with E-state index in [-0.39, 0.29) is 26.1 Å². The lowest BCUT2D eigenvalue weighted by atomic mass is 10.1. The molecule has 10 heteroatoms. The zero-order chi connectivity index (χ0) is 30.7. The molecule has 1 aromatic carbocycles. The van der Waals surface area contributed by atoms with Crippen LogP contribution in [-0.2, 0) is 44.6 Å². The van der Waals surface area contributed by atoms with Crippen molar-refractivity contribution in [1.29, 1.82) is 0 Å². The molecule has 0 amide bonds. The molecule has 10 nitrogen and oxygen atoms in total. The number of hydrogen-bond acceptors (Lipinski definition) is 8. The van der Waals surface area contributed by atoms with E-state index in [9.17, 15) is 14.7 Å². The summed E-state index contributed by atoms with van der Waals surface area (Å²) in [5, 5.41) is 18.1. The van der Waals surface area contributed by atoms with Gasteiger partial charge in [0.2, 0.25) is 0 Å². The summed E-state index contributed by atoms with van der Waals surface area (Å²) in [5.74, 6) is -2.69. The van der Waals surface area contributed by atoms with E-state index < -0.39 is 23.8 Å². The third kappa shape index (κ3) is 22.5. The van der Waals surface area contributed by atoms with E-state index >= 15 is 0 Å². The topological polar surface area (TPSA) is 130 Å². The second-order valence-corrected chi connectivity index (χ2v) is 10.5. The third-order valence-corrected chi connectivity index (χ3v) is 6.55. The Bertz CT molecular complexity index is 791. The highest BCUT2D eigenvalue weighted by Gasteiger charge is 2.28. The summed E-state index contributed by atoms with van der Waals surface area (Å²) in [6.45, 7) is 7.56. The fourth-order valence-corrected chi connectivity index (χ4v) is 4.17. The first kappa shape index (κ1) is 37.9. The van der Waals surface area contributed by atoms with Gasteiger partial charge in [0.05, 0.1) is 65.4 Å². The molecule has 42 heavy (non-hydrogen) atoms. The number of carboxylic acid groups (broad SMARTS) is 2. The molecular weight excluding hydrogens is 544 g/mol. The molecule has 0 aliphatic heterocycles. The number of carboxylic acids is 2. The largest absolute Gasteiger partial charge is 0.481 e. The van der Waals surface area contributed by atoms with Crippen molar-refractivity contribution < 1.29 is 48.2 Å². The van der Waals surface area contributed by atoms with Crippen LogP contribution in [0, 0.1) is 0 Å². The molecule has 1 unspecified atom stereocenters. The lowest BCUT2D eigenvalue weighted by molar-refractivity contribution is -0.260. The van der Waals surface area contributed by atoms with Crippen molar-refractivity contribution in [3.63, 3.8) is 0 Å². The Hall–Kier alpha value is -2.08. The molecular formula is C32H54O10. The number of benzene rings is 1. The Balaban J connectivity index is 2.33. The monoisotopic (exact) mass is 598 g/mol. The van der Waals surface area contributed by atoms with Crippen LogP contribution in [0.25, 0.3) is 0 Å². The fourth-order valence-electron chi connectivity index (χ4n) is 4.17. The lowest BCUT2D eigenvalue weighted by Crippen LogP contribution is -2.40. The highest BCUT2D eigenvalue weighted by atomic mass is 16.7. The van der Waals surface area contributed by atoms with Gasteiger partial charge in [-0.2, -0.15) is 0 Å². The normalized spacial score (nSPS) is 13.6. The summed E-state index contributed by atoms with van der Waals surface area (Å²) in [6, 6.07) is 9.99. The molecule has 0 bridgehead atoms. The van der Waals surface area contributed by atoms with Crippen LogP contribution < -0.4 is 0 Å². The van der Waals surface area contributed by atoms with E-state index in [0.29, 0.717) is 59.1 Å². The highest BCUT2D eigenvalue weighted by Crippen LogP contribution is 2.19. The van der Waals surface area contributed by atoms with Crippen LogP contribution in [0.3, 0.4) is 0 Å². The number of hydrogen-bond donors (Lipinski definition) is 2. The van der Waals surface area contributed by atoms with Crippen molar-refractivity contribution in [1.82, 2.24) is 0 Å². The van der Waals surface area contributed by atoms with Crippen molar-refractivity contribution in [2.24, 2.45) is 0 Å². The Labute approximate surface area is 252 Å². The quantitative estimate of drug-likeness (QED) is 0.0821. The van der Waals surface area contributed by atoms with Crippen molar-refractivity contribution >= 4 is 11.9 Å². The smallest absolute Gasteiger partial charge is 0.305 e. The van der Waals surface area contributed by atoms with Gasteiger partial charge in [0.1, 0.15) is 6.61 Å². The van der Waals surface area contributed by atoms with Crippen LogP contribution in [-0.4, -0.2) is 86.9 Å². The average Bonchev–Trinajstić information content (AvgIpc) is 2.96. The van der Waals surface area contributed by atoms with Crippen LogP contribution in [0.2, 0.25) is 0 Å². The summed E-state index contributed by atoms with van der Waals surface area (Å²) in [4.78, 5) is 22.0. The molecule has 0 saturated heterocycles. The molecule has 0 aromatic heterocycles. The zero-order valence-corrected chi connectivity index (χ0v) is 25.8. The summed E-state index contributed by atoms with van der Waals surface area (Å²) < 4.78 is 34.9. The number of aliphatic carboxylic acids is 2. The third-order valence-electron chi connectivity index (χ3n) is 6.55. The Kier molecular flexibility index (Phi) is 23.0. The molecule has 0 spiro atoms. The molecule has 242 valence electrons. The van der Waals surface area contributed by atoms with Crippen molar-refractivity contribution in [2.75, 3.05) is 52.9 Å². The van der Waals surface area contributed by atoms with Gasteiger partial charge in [-0.3, -0.25) is 9.59 Å². The SMILES string of the molecule is CCCCCC(CC(=O)O)OC[C@@](C)(OCCCCCCCC(=O)O)OCCOCCOCCOCc1ccccc1. The van der Waals surface area contributed by atoms with E-state index in [1.807, 2.05) is 37.3 Å². The van der Waals surface area contributed by atoms with E-state index in [0.717, 1.165) is 50.5 Å². The minimum Gasteiger partial charge on any atom is -0.481 e. The molecule has 0 fully saturated rings. The molecule has 1 rings (SSSR count). The highest BCUT2D eigenvalue weighted by molar-refractivity contribution is 5.67. The van der Waals surface area contributed by atoms with Crippen LogP contribution in [0.1, 0.15) is 90.0 Å².